The molecule has 7 nitrogen and oxygen atoms in total. The topological polar surface area (TPSA) is 76.1 Å². The summed E-state index contributed by atoms with van der Waals surface area (Å²) in [6.45, 7) is 4.98. The van der Waals surface area contributed by atoms with Crippen LogP contribution in [-0.4, -0.2) is 60.9 Å². The zero-order chi connectivity index (χ0) is 25.1. The Morgan fingerprint density at radius 2 is 1.89 bits per heavy atom. The Morgan fingerprint density at radius 3 is 2.64 bits per heavy atom. The van der Waals surface area contributed by atoms with Crippen molar-refractivity contribution in [2.75, 3.05) is 25.2 Å². The number of allylic oxidation sites excluding steroid dienone is 1. The molecular formula is C29H30N2O5. The number of ether oxygens (including phenoxy) is 2. The number of rotatable bonds is 5. The molecule has 0 aromatic heterocycles. The van der Waals surface area contributed by atoms with Gasteiger partial charge in [0.1, 0.15) is 11.8 Å². The van der Waals surface area contributed by atoms with E-state index in [1.165, 1.54) is 4.90 Å². The summed E-state index contributed by atoms with van der Waals surface area (Å²) in [5.74, 6) is -1.43. The zero-order valence-electron chi connectivity index (χ0n) is 20.8. The van der Waals surface area contributed by atoms with E-state index < -0.39 is 17.9 Å². The van der Waals surface area contributed by atoms with Gasteiger partial charge in [0.25, 0.3) is 0 Å². The second-order valence-electron chi connectivity index (χ2n) is 10.3. The Bertz CT molecular complexity index is 1290. The molecule has 2 amide bonds. The number of methoxy groups -OCH3 is 1. The number of ketones is 1. The first-order chi connectivity index (χ1) is 17.4. The van der Waals surface area contributed by atoms with Crippen LogP contribution in [0.5, 0.6) is 5.75 Å². The van der Waals surface area contributed by atoms with E-state index in [9.17, 15) is 14.4 Å². The lowest BCUT2D eigenvalue weighted by Gasteiger charge is -2.38. The van der Waals surface area contributed by atoms with Crippen molar-refractivity contribution in [3.05, 3.63) is 65.2 Å². The Labute approximate surface area is 210 Å². The maximum absolute atomic E-state index is 14.1. The predicted octanol–water partition coefficient (Wildman–Crippen LogP) is 3.64. The van der Waals surface area contributed by atoms with E-state index in [1.54, 1.807) is 31.4 Å². The van der Waals surface area contributed by atoms with Crippen molar-refractivity contribution in [1.29, 1.82) is 0 Å². The largest absolute Gasteiger partial charge is 0.497 e. The highest BCUT2D eigenvalue weighted by Crippen LogP contribution is 2.50. The van der Waals surface area contributed by atoms with Crippen LogP contribution in [-0.2, 0) is 14.3 Å². The van der Waals surface area contributed by atoms with Gasteiger partial charge in [-0.15, -0.1) is 0 Å². The Kier molecular flexibility index (Phi) is 5.48. The van der Waals surface area contributed by atoms with E-state index in [-0.39, 0.29) is 36.3 Å². The summed E-state index contributed by atoms with van der Waals surface area (Å²) < 4.78 is 11.1. The molecule has 0 radical (unpaired) electrons. The number of imide groups is 1. The summed E-state index contributed by atoms with van der Waals surface area (Å²) in [5, 5.41) is 0. The van der Waals surface area contributed by atoms with Crippen LogP contribution < -0.4 is 9.64 Å². The van der Waals surface area contributed by atoms with Crippen molar-refractivity contribution in [2.45, 2.75) is 44.9 Å². The minimum Gasteiger partial charge on any atom is -0.497 e. The maximum atomic E-state index is 14.1. The van der Waals surface area contributed by atoms with Crippen LogP contribution in [0.25, 0.3) is 5.57 Å². The van der Waals surface area contributed by atoms with Gasteiger partial charge in [-0.3, -0.25) is 19.3 Å². The number of carbonyl (C=O) groups is 3. The molecule has 6 rings (SSSR count). The Balaban J connectivity index is 1.46. The zero-order valence-corrected chi connectivity index (χ0v) is 20.8. The lowest BCUT2D eigenvalue weighted by Crippen LogP contribution is -2.50. The first kappa shape index (κ1) is 23.0. The second kappa shape index (κ2) is 8.59. The summed E-state index contributed by atoms with van der Waals surface area (Å²) >= 11 is 0. The fraction of sp³-hybridized carbons (Fsp3) is 0.414. The lowest BCUT2D eigenvalue weighted by molar-refractivity contribution is -0.142. The van der Waals surface area contributed by atoms with Crippen LogP contribution in [0.3, 0.4) is 0 Å². The van der Waals surface area contributed by atoms with E-state index in [0.29, 0.717) is 17.9 Å². The van der Waals surface area contributed by atoms with Gasteiger partial charge in [0.2, 0.25) is 11.8 Å². The summed E-state index contributed by atoms with van der Waals surface area (Å²) in [7, 11) is 1.56. The standard InChI is InChI=1S/C29H30N2O5/c1-16-9-10-22-21(12-16)17(2)13-23-24-25(29(34)30(28(24)33)15-20-8-5-11-36-20)26(31(22)23)27(32)18-6-4-7-19(14-18)35-3/h4,6-7,9-10,12-14,20,23-26H,5,8,11,15H2,1-3H3/t20-,23-,24-,25+,26-/m0/s1. The minimum absolute atomic E-state index is 0.132. The fourth-order valence-corrected chi connectivity index (χ4v) is 6.44. The summed E-state index contributed by atoms with van der Waals surface area (Å²) in [5.41, 5.74) is 4.57. The minimum atomic E-state index is -0.788. The molecule has 0 spiro atoms. The molecular weight excluding hydrogens is 456 g/mol. The number of amides is 2. The number of carbonyl (C=O) groups excluding carboxylic acids is 3. The molecule has 7 heteroatoms. The molecule has 2 aromatic carbocycles. The molecule has 5 atom stereocenters. The Morgan fingerprint density at radius 1 is 1.08 bits per heavy atom. The van der Waals surface area contributed by atoms with Crippen LogP contribution in [0.2, 0.25) is 0 Å². The van der Waals surface area contributed by atoms with E-state index in [2.05, 4.69) is 12.1 Å². The van der Waals surface area contributed by atoms with Crippen LogP contribution >= 0.6 is 0 Å². The van der Waals surface area contributed by atoms with Crippen molar-refractivity contribution in [2.24, 2.45) is 11.8 Å². The van der Waals surface area contributed by atoms with E-state index >= 15 is 0 Å². The van der Waals surface area contributed by atoms with Crippen molar-refractivity contribution < 1.29 is 23.9 Å². The highest BCUT2D eigenvalue weighted by molar-refractivity contribution is 6.14. The third-order valence-corrected chi connectivity index (χ3v) is 8.13. The monoisotopic (exact) mass is 486 g/mol. The van der Waals surface area contributed by atoms with E-state index in [0.717, 1.165) is 35.2 Å². The first-order valence-electron chi connectivity index (χ1n) is 12.6. The van der Waals surface area contributed by atoms with Crippen LogP contribution in [0.1, 0.15) is 41.3 Å². The predicted molar refractivity (Wildman–Crippen MR) is 135 cm³/mol. The van der Waals surface area contributed by atoms with Crippen molar-refractivity contribution in [3.63, 3.8) is 0 Å². The highest BCUT2D eigenvalue weighted by atomic mass is 16.5. The van der Waals surface area contributed by atoms with Crippen LogP contribution in [0, 0.1) is 18.8 Å². The summed E-state index contributed by atoms with van der Waals surface area (Å²) in [4.78, 5) is 45.2. The first-order valence-corrected chi connectivity index (χ1v) is 12.6. The number of nitrogens with zero attached hydrogens (tertiary/aromatic N) is 2. The number of Topliss-reactive ketones (excluding diaryl/α,β-unsaturated/α-hetero) is 1. The van der Waals surface area contributed by atoms with Gasteiger partial charge in [-0.05, 0) is 56.5 Å². The summed E-state index contributed by atoms with van der Waals surface area (Å²) in [6.07, 6.45) is 3.70. The molecule has 3 fully saturated rings. The number of hydrogen-bond donors (Lipinski definition) is 0. The quantitative estimate of drug-likeness (QED) is 0.475. The van der Waals surface area contributed by atoms with Gasteiger partial charge >= 0.3 is 0 Å². The third kappa shape index (κ3) is 3.40. The van der Waals surface area contributed by atoms with Gasteiger partial charge in [0.15, 0.2) is 5.78 Å². The number of fused-ring (bicyclic) bond motifs is 5. The molecule has 0 aliphatic carbocycles. The molecule has 4 heterocycles. The third-order valence-electron chi connectivity index (χ3n) is 8.13. The van der Waals surface area contributed by atoms with E-state index in [4.69, 9.17) is 9.47 Å². The average Bonchev–Trinajstić information content (AvgIpc) is 3.57. The molecule has 3 saturated heterocycles. The van der Waals surface area contributed by atoms with Gasteiger partial charge in [-0.1, -0.05) is 29.8 Å². The van der Waals surface area contributed by atoms with Crippen molar-refractivity contribution >= 4 is 28.9 Å². The van der Waals surface area contributed by atoms with Gasteiger partial charge in [-0.25, -0.2) is 0 Å². The smallest absolute Gasteiger partial charge is 0.235 e. The van der Waals surface area contributed by atoms with Gasteiger partial charge in [-0.2, -0.15) is 0 Å². The van der Waals surface area contributed by atoms with E-state index in [1.807, 2.05) is 30.9 Å². The molecule has 4 aliphatic heterocycles. The summed E-state index contributed by atoms with van der Waals surface area (Å²) in [6, 6.07) is 12.0. The molecule has 0 unspecified atom stereocenters. The molecule has 0 bridgehead atoms. The van der Waals surface area contributed by atoms with Crippen molar-refractivity contribution in [1.82, 2.24) is 4.90 Å². The van der Waals surface area contributed by atoms with Crippen molar-refractivity contribution in [3.8, 4) is 5.75 Å². The number of benzene rings is 2. The average molecular weight is 487 g/mol. The normalized spacial score (nSPS) is 28.6. The maximum Gasteiger partial charge on any atom is 0.235 e. The second-order valence-corrected chi connectivity index (χ2v) is 10.3. The molecule has 0 N–H and O–H groups in total. The van der Waals surface area contributed by atoms with Crippen LogP contribution in [0.4, 0.5) is 5.69 Å². The number of aryl methyl sites for hydroxylation is 1. The molecule has 2 aromatic rings. The highest BCUT2D eigenvalue weighted by Gasteiger charge is 2.64. The van der Waals surface area contributed by atoms with Gasteiger partial charge in [0.05, 0.1) is 37.6 Å². The molecule has 4 aliphatic rings. The number of anilines is 1. The van der Waals surface area contributed by atoms with Gasteiger partial charge < -0.3 is 14.4 Å². The SMILES string of the molecule is COc1cccc(C(=O)[C@@H]2[C@@H]3C(=O)N(C[C@@H]4CCCO4)C(=O)[C@H]3[C@@H]3C=C(C)c4cc(C)ccc4N23)c1. The van der Waals surface area contributed by atoms with Crippen LogP contribution in [0.15, 0.2) is 48.5 Å². The lowest BCUT2D eigenvalue weighted by atomic mass is 9.85. The van der Waals surface area contributed by atoms with Gasteiger partial charge in [0, 0.05) is 23.4 Å². The number of hydrogen-bond acceptors (Lipinski definition) is 6. The molecule has 36 heavy (non-hydrogen) atoms. The molecule has 186 valence electrons. The number of likely N-dealkylation sites (tertiary alicyclic amines) is 1. The fourth-order valence-electron chi connectivity index (χ4n) is 6.44. The Hall–Kier alpha value is -3.45. The molecule has 0 saturated carbocycles.